The van der Waals surface area contributed by atoms with Crippen molar-refractivity contribution in [1.29, 1.82) is 5.26 Å². The SMILES string of the molecule is CCNc1nc(N)c([N+](=O)[O-])c(N)c1C#N. The van der Waals surface area contributed by atoms with Crippen molar-refractivity contribution in [3.63, 3.8) is 0 Å². The van der Waals surface area contributed by atoms with Crippen LogP contribution in [-0.2, 0) is 0 Å². The number of anilines is 3. The lowest BCUT2D eigenvalue weighted by Crippen LogP contribution is -2.10. The number of rotatable bonds is 3. The molecule has 0 saturated heterocycles. The van der Waals surface area contributed by atoms with Gasteiger partial charge in [0.15, 0.2) is 0 Å². The molecule has 0 spiro atoms. The molecule has 0 atom stereocenters. The van der Waals surface area contributed by atoms with Crippen LogP contribution in [0.3, 0.4) is 0 Å². The highest BCUT2D eigenvalue weighted by molar-refractivity contribution is 5.81. The second-order valence-corrected chi connectivity index (χ2v) is 2.88. The maximum Gasteiger partial charge on any atom is 0.335 e. The van der Waals surface area contributed by atoms with Gasteiger partial charge in [0.1, 0.15) is 23.1 Å². The highest BCUT2D eigenvalue weighted by atomic mass is 16.6. The topological polar surface area (TPSA) is 144 Å². The van der Waals surface area contributed by atoms with Gasteiger partial charge in [-0.25, -0.2) is 4.98 Å². The Bertz CT molecular complexity index is 478. The van der Waals surface area contributed by atoms with Crippen LogP contribution in [0, 0.1) is 21.4 Å². The van der Waals surface area contributed by atoms with E-state index in [2.05, 4.69) is 10.3 Å². The van der Waals surface area contributed by atoms with Gasteiger partial charge in [-0.3, -0.25) is 10.1 Å². The number of nitro groups is 1. The van der Waals surface area contributed by atoms with Crippen LogP contribution in [-0.4, -0.2) is 16.5 Å². The summed E-state index contributed by atoms with van der Waals surface area (Å²) in [4.78, 5) is 13.6. The molecular weight excluding hydrogens is 212 g/mol. The van der Waals surface area contributed by atoms with E-state index in [9.17, 15) is 10.1 Å². The number of nitriles is 1. The fourth-order valence-corrected chi connectivity index (χ4v) is 1.21. The van der Waals surface area contributed by atoms with Crippen LogP contribution >= 0.6 is 0 Å². The number of hydrogen-bond donors (Lipinski definition) is 3. The fourth-order valence-electron chi connectivity index (χ4n) is 1.21. The van der Waals surface area contributed by atoms with E-state index in [1.54, 1.807) is 13.0 Å². The van der Waals surface area contributed by atoms with Gasteiger partial charge in [-0.1, -0.05) is 0 Å². The molecule has 1 rings (SSSR count). The second kappa shape index (κ2) is 4.31. The predicted octanol–water partition coefficient (Wildman–Crippen LogP) is 0.458. The van der Waals surface area contributed by atoms with Gasteiger partial charge in [0, 0.05) is 6.54 Å². The van der Waals surface area contributed by atoms with Crippen molar-refractivity contribution in [2.75, 3.05) is 23.3 Å². The van der Waals surface area contributed by atoms with Gasteiger partial charge in [-0.15, -0.1) is 0 Å². The Morgan fingerprint density at radius 2 is 2.25 bits per heavy atom. The largest absolute Gasteiger partial charge is 0.392 e. The molecule has 0 aromatic carbocycles. The van der Waals surface area contributed by atoms with Crippen molar-refractivity contribution in [1.82, 2.24) is 4.98 Å². The van der Waals surface area contributed by atoms with Gasteiger partial charge in [0.2, 0.25) is 5.82 Å². The van der Waals surface area contributed by atoms with Gasteiger partial charge in [-0.05, 0) is 6.92 Å². The Morgan fingerprint density at radius 3 is 2.69 bits per heavy atom. The van der Waals surface area contributed by atoms with Gasteiger partial charge in [0.25, 0.3) is 0 Å². The minimum atomic E-state index is -0.756. The number of aromatic nitrogens is 1. The summed E-state index contributed by atoms with van der Waals surface area (Å²) in [7, 11) is 0. The van der Waals surface area contributed by atoms with E-state index in [1.807, 2.05) is 0 Å². The highest BCUT2D eigenvalue weighted by Gasteiger charge is 2.24. The molecule has 1 heterocycles. The fraction of sp³-hybridized carbons (Fsp3) is 0.250. The zero-order valence-corrected chi connectivity index (χ0v) is 8.52. The number of nitrogen functional groups attached to an aromatic ring is 2. The summed E-state index contributed by atoms with van der Waals surface area (Å²) in [5.41, 5.74) is 10.0. The summed E-state index contributed by atoms with van der Waals surface area (Å²) in [5.74, 6) is -0.150. The molecule has 84 valence electrons. The van der Waals surface area contributed by atoms with Crippen molar-refractivity contribution >= 4 is 23.0 Å². The van der Waals surface area contributed by atoms with Crippen LogP contribution in [0.2, 0.25) is 0 Å². The van der Waals surface area contributed by atoms with Crippen molar-refractivity contribution in [2.45, 2.75) is 6.92 Å². The highest BCUT2D eigenvalue weighted by Crippen LogP contribution is 2.33. The average molecular weight is 222 g/mol. The Kier molecular flexibility index (Phi) is 3.10. The molecule has 0 unspecified atom stereocenters. The first-order chi connectivity index (χ1) is 7.52. The molecular formula is C8H10N6O2. The monoisotopic (exact) mass is 222 g/mol. The van der Waals surface area contributed by atoms with Gasteiger partial charge >= 0.3 is 5.69 Å². The molecule has 8 nitrogen and oxygen atoms in total. The summed E-state index contributed by atoms with van der Waals surface area (Å²) in [6.07, 6.45) is 0. The van der Waals surface area contributed by atoms with Crippen LogP contribution in [0.4, 0.5) is 23.0 Å². The first-order valence-electron chi connectivity index (χ1n) is 4.40. The van der Waals surface area contributed by atoms with E-state index in [1.165, 1.54) is 0 Å². The van der Waals surface area contributed by atoms with Gasteiger partial charge in [0.05, 0.1) is 4.92 Å². The zero-order chi connectivity index (χ0) is 12.3. The van der Waals surface area contributed by atoms with Crippen molar-refractivity contribution in [3.05, 3.63) is 15.7 Å². The Hall–Kier alpha value is -2.56. The third-order valence-corrected chi connectivity index (χ3v) is 1.87. The first kappa shape index (κ1) is 11.5. The quantitative estimate of drug-likeness (QED) is 0.497. The van der Waals surface area contributed by atoms with Crippen LogP contribution in [0.5, 0.6) is 0 Å². The molecule has 16 heavy (non-hydrogen) atoms. The van der Waals surface area contributed by atoms with E-state index >= 15 is 0 Å². The molecule has 1 aromatic rings. The second-order valence-electron chi connectivity index (χ2n) is 2.88. The maximum atomic E-state index is 10.7. The molecule has 0 radical (unpaired) electrons. The number of nitrogens with two attached hydrogens (primary N) is 2. The molecule has 0 fully saturated rings. The van der Waals surface area contributed by atoms with E-state index in [-0.39, 0.29) is 22.9 Å². The lowest BCUT2D eigenvalue weighted by molar-refractivity contribution is -0.383. The lowest BCUT2D eigenvalue weighted by atomic mass is 10.2. The molecule has 0 aliphatic carbocycles. The first-order valence-corrected chi connectivity index (χ1v) is 4.40. The van der Waals surface area contributed by atoms with Crippen molar-refractivity contribution in [3.8, 4) is 6.07 Å². The minimum Gasteiger partial charge on any atom is -0.392 e. The van der Waals surface area contributed by atoms with Crippen LogP contribution in [0.1, 0.15) is 12.5 Å². The standard InChI is InChI=1S/C8H10N6O2/c1-2-12-8-4(3-9)5(10)6(14(15)16)7(11)13-8/h2H2,1H3,(H5,10,11,12,13). The molecule has 0 aliphatic heterocycles. The number of hydrogen-bond acceptors (Lipinski definition) is 7. The summed E-state index contributed by atoms with van der Waals surface area (Å²) in [5, 5.41) is 22.3. The number of pyridine rings is 1. The minimum absolute atomic E-state index is 0.0669. The van der Waals surface area contributed by atoms with E-state index in [4.69, 9.17) is 16.7 Å². The van der Waals surface area contributed by atoms with Crippen molar-refractivity contribution in [2.24, 2.45) is 0 Å². The Labute approximate surface area is 91.0 Å². The van der Waals surface area contributed by atoms with Crippen LogP contribution in [0.15, 0.2) is 0 Å². The van der Waals surface area contributed by atoms with E-state index < -0.39 is 10.6 Å². The molecule has 0 aliphatic rings. The van der Waals surface area contributed by atoms with E-state index in [0.717, 1.165) is 0 Å². The van der Waals surface area contributed by atoms with Gasteiger partial charge in [-0.2, -0.15) is 5.26 Å². The van der Waals surface area contributed by atoms with Crippen LogP contribution < -0.4 is 16.8 Å². The third kappa shape index (κ3) is 1.78. The normalized spacial score (nSPS) is 9.50. The molecule has 0 saturated carbocycles. The molecule has 1 aromatic heterocycles. The molecule has 5 N–H and O–H groups in total. The Balaban J connectivity index is 3.51. The zero-order valence-electron chi connectivity index (χ0n) is 8.52. The smallest absolute Gasteiger partial charge is 0.335 e. The summed E-state index contributed by atoms with van der Waals surface area (Å²) in [6, 6.07) is 1.76. The van der Waals surface area contributed by atoms with Gasteiger partial charge < -0.3 is 16.8 Å². The maximum absolute atomic E-state index is 10.7. The summed E-state index contributed by atoms with van der Waals surface area (Å²) in [6.45, 7) is 2.29. The third-order valence-electron chi connectivity index (χ3n) is 1.87. The van der Waals surface area contributed by atoms with Crippen molar-refractivity contribution < 1.29 is 4.92 Å². The number of nitrogens with zero attached hydrogens (tertiary/aromatic N) is 3. The molecule has 0 amide bonds. The van der Waals surface area contributed by atoms with E-state index in [0.29, 0.717) is 6.54 Å². The summed E-state index contributed by atoms with van der Waals surface area (Å²) < 4.78 is 0. The molecule has 8 heteroatoms. The summed E-state index contributed by atoms with van der Waals surface area (Å²) >= 11 is 0. The average Bonchev–Trinajstić information content (AvgIpc) is 2.17. The molecule has 0 bridgehead atoms. The lowest BCUT2D eigenvalue weighted by Gasteiger charge is -2.08. The Morgan fingerprint density at radius 1 is 1.62 bits per heavy atom. The predicted molar refractivity (Wildman–Crippen MR) is 58.6 cm³/mol. The number of nitrogens with one attached hydrogen (secondary N) is 1. The van der Waals surface area contributed by atoms with Crippen LogP contribution in [0.25, 0.3) is 0 Å².